The largest absolute Gasteiger partial charge is 0.388 e. The summed E-state index contributed by atoms with van der Waals surface area (Å²) in [5, 5.41) is 13.8. The van der Waals surface area contributed by atoms with Gasteiger partial charge in [-0.2, -0.15) is 0 Å². The van der Waals surface area contributed by atoms with Crippen LogP contribution in [0.15, 0.2) is 24.4 Å². The van der Waals surface area contributed by atoms with Gasteiger partial charge in [0.05, 0.1) is 5.60 Å². The van der Waals surface area contributed by atoms with Gasteiger partial charge in [0.15, 0.2) is 0 Å². The second kappa shape index (κ2) is 7.20. The third kappa shape index (κ3) is 5.26. The van der Waals surface area contributed by atoms with Gasteiger partial charge >= 0.3 is 0 Å². The first-order valence-corrected chi connectivity index (χ1v) is 7.73. The summed E-state index contributed by atoms with van der Waals surface area (Å²) < 4.78 is 0. The first kappa shape index (κ1) is 16.2. The van der Waals surface area contributed by atoms with E-state index in [4.69, 9.17) is 0 Å². The van der Waals surface area contributed by atoms with Crippen molar-refractivity contribution in [1.29, 1.82) is 0 Å². The van der Waals surface area contributed by atoms with Crippen LogP contribution < -0.4 is 10.2 Å². The molecule has 0 amide bonds. The average molecular weight is 292 g/mol. The lowest BCUT2D eigenvalue weighted by atomic mass is 10.0. The van der Waals surface area contributed by atoms with Crippen molar-refractivity contribution in [2.24, 2.45) is 0 Å². The highest BCUT2D eigenvalue weighted by Crippen LogP contribution is 2.17. The molecule has 1 fully saturated rings. The number of aliphatic hydroxyl groups is 1. The van der Waals surface area contributed by atoms with Crippen LogP contribution in [0.3, 0.4) is 0 Å². The van der Waals surface area contributed by atoms with Gasteiger partial charge in [-0.3, -0.25) is 0 Å². The van der Waals surface area contributed by atoms with Gasteiger partial charge < -0.3 is 20.2 Å². The Bertz CT molecular complexity index is 414. The van der Waals surface area contributed by atoms with Crippen molar-refractivity contribution in [3.8, 4) is 0 Å². The van der Waals surface area contributed by atoms with E-state index in [1.54, 1.807) is 0 Å². The molecule has 0 spiro atoms. The zero-order chi connectivity index (χ0) is 15.3. The number of likely N-dealkylation sites (N-methyl/N-ethyl adjacent to an activating group) is 1. The molecule has 1 aliphatic rings. The first-order valence-electron chi connectivity index (χ1n) is 7.73. The molecule has 2 rings (SSSR count). The van der Waals surface area contributed by atoms with Crippen LogP contribution in [-0.2, 0) is 0 Å². The van der Waals surface area contributed by atoms with Crippen LogP contribution in [0.1, 0.15) is 19.8 Å². The van der Waals surface area contributed by atoms with Crippen molar-refractivity contribution in [3.63, 3.8) is 0 Å². The topological polar surface area (TPSA) is 51.6 Å². The van der Waals surface area contributed by atoms with E-state index >= 15 is 0 Å². The Morgan fingerprint density at radius 1 is 1.38 bits per heavy atom. The predicted octanol–water partition coefficient (Wildman–Crippen LogP) is 0.953. The molecular weight excluding hydrogens is 264 g/mol. The Kier molecular flexibility index (Phi) is 5.56. The van der Waals surface area contributed by atoms with E-state index in [-0.39, 0.29) is 0 Å². The summed E-state index contributed by atoms with van der Waals surface area (Å²) in [6.45, 7) is 5.24. The van der Waals surface area contributed by atoms with Crippen molar-refractivity contribution in [2.75, 3.05) is 45.2 Å². The summed E-state index contributed by atoms with van der Waals surface area (Å²) in [6, 6.07) is 6.53. The molecule has 0 aliphatic carbocycles. The van der Waals surface area contributed by atoms with Crippen LogP contribution in [0.5, 0.6) is 0 Å². The molecule has 1 saturated heterocycles. The lowest BCUT2D eigenvalue weighted by Gasteiger charge is -2.35. The maximum absolute atomic E-state index is 10.3. The van der Waals surface area contributed by atoms with Gasteiger partial charge in [0, 0.05) is 38.4 Å². The van der Waals surface area contributed by atoms with Crippen LogP contribution in [-0.4, -0.2) is 66.9 Å². The Labute approximate surface area is 128 Å². The summed E-state index contributed by atoms with van der Waals surface area (Å²) in [5.41, 5.74) is -0.679. The molecule has 5 nitrogen and oxygen atoms in total. The quantitative estimate of drug-likeness (QED) is 0.818. The molecule has 0 saturated carbocycles. The van der Waals surface area contributed by atoms with Gasteiger partial charge in [-0.15, -0.1) is 0 Å². The normalized spacial score (nSPS) is 19.8. The molecule has 0 bridgehead atoms. The van der Waals surface area contributed by atoms with E-state index in [2.05, 4.69) is 21.3 Å². The minimum Gasteiger partial charge on any atom is -0.388 e. The Morgan fingerprint density at radius 2 is 2.10 bits per heavy atom. The summed E-state index contributed by atoms with van der Waals surface area (Å²) in [5.74, 6) is 1.07. The fourth-order valence-corrected chi connectivity index (χ4v) is 2.95. The van der Waals surface area contributed by atoms with Gasteiger partial charge in [0.25, 0.3) is 0 Å². The third-order valence-electron chi connectivity index (χ3n) is 3.90. The fraction of sp³-hybridized carbons (Fsp3) is 0.688. The molecule has 21 heavy (non-hydrogen) atoms. The molecule has 5 heteroatoms. The van der Waals surface area contributed by atoms with Gasteiger partial charge in [-0.1, -0.05) is 6.07 Å². The molecular formula is C16H28N4O. The van der Waals surface area contributed by atoms with E-state index in [1.807, 2.05) is 44.2 Å². The number of hydrogen-bond acceptors (Lipinski definition) is 5. The maximum Gasteiger partial charge on any atom is 0.128 e. The van der Waals surface area contributed by atoms with E-state index in [9.17, 15) is 5.11 Å². The maximum atomic E-state index is 10.3. The van der Waals surface area contributed by atoms with Crippen molar-refractivity contribution < 1.29 is 5.11 Å². The van der Waals surface area contributed by atoms with Crippen molar-refractivity contribution in [1.82, 2.24) is 15.2 Å². The summed E-state index contributed by atoms with van der Waals surface area (Å²) in [7, 11) is 3.97. The van der Waals surface area contributed by atoms with Gasteiger partial charge in [0.2, 0.25) is 0 Å². The van der Waals surface area contributed by atoms with E-state index < -0.39 is 5.60 Å². The Balaban J connectivity index is 1.74. The minimum absolute atomic E-state index is 0.485. The van der Waals surface area contributed by atoms with E-state index in [0.29, 0.717) is 19.1 Å². The minimum atomic E-state index is -0.679. The number of nitrogens with zero attached hydrogens (tertiary/aromatic N) is 3. The molecule has 1 aliphatic heterocycles. The second-order valence-corrected chi connectivity index (χ2v) is 6.56. The molecule has 0 aromatic carbocycles. The van der Waals surface area contributed by atoms with E-state index in [1.165, 1.54) is 0 Å². The fourth-order valence-electron chi connectivity index (χ4n) is 2.95. The Hall–Kier alpha value is -1.17. The molecule has 1 aromatic heterocycles. The van der Waals surface area contributed by atoms with Gasteiger partial charge in [0.1, 0.15) is 5.82 Å². The molecule has 118 valence electrons. The van der Waals surface area contributed by atoms with Crippen molar-refractivity contribution in [3.05, 3.63) is 24.4 Å². The molecule has 0 radical (unpaired) electrons. The molecule has 1 aromatic rings. The standard InChI is InChI=1S/C16H28N4O/c1-16(21,13-19(2)3)12-18-14-7-10-20(11-8-14)15-6-4-5-9-17-15/h4-6,9,14,18,21H,7-8,10-13H2,1-3H3. The van der Waals surface area contributed by atoms with Crippen LogP contribution >= 0.6 is 0 Å². The number of hydrogen-bond donors (Lipinski definition) is 2. The van der Waals surface area contributed by atoms with Crippen LogP contribution in [0, 0.1) is 0 Å². The van der Waals surface area contributed by atoms with Crippen LogP contribution in [0.25, 0.3) is 0 Å². The SMILES string of the molecule is CN(C)CC(C)(O)CNC1CCN(c2ccccn2)CC1. The molecule has 1 unspecified atom stereocenters. The number of pyridine rings is 1. The first-order chi connectivity index (χ1) is 9.96. The zero-order valence-corrected chi connectivity index (χ0v) is 13.4. The number of piperidine rings is 1. The smallest absolute Gasteiger partial charge is 0.128 e. The summed E-state index contributed by atoms with van der Waals surface area (Å²) >= 11 is 0. The lowest BCUT2D eigenvalue weighted by Crippen LogP contribution is -2.50. The van der Waals surface area contributed by atoms with Crippen molar-refractivity contribution in [2.45, 2.75) is 31.4 Å². The number of anilines is 1. The highest BCUT2D eigenvalue weighted by molar-refractivity contribution is 5.38. The number of aromatic nitrogens is 1. The number of rotatable bonds is 6. The van der Waals surface area contributed by atoms with Crippen LogP contribution in [0.4, 0.5) is 5.82 Å². The summed E-state index contributed by atoms with van der Waals surface area (Å²) in [6.07, 6.45) is 4.03. The predicted molar refractivity (Wildman–Crippen MR) is 86.7 cm³/mol. The number of nitrogens with one attached hydrogen (secondary N) is 1. The third-order valence-corrected chi connectivity index (χ3v) is 3.90. The second-order valence-electron chi connectivity index (χ2n) is 6.56. The highest BCUT2D eigenvalue weighted by atomic mass is 16.3. The Morgan fingerprint density at radius 3 is 2.67 bits per heavy atom. The van der Waals surface area contributed by atoms with Gasteiger partial charge in [-0.05, 0) is 46.0 Å². The van der Waals surface area contributed by atoms with Gasteiger partial charge in [-0.25, -0.2) is 4.98 Å². The highest BCUT2D eigenvalue weighted by Gasteiger charge is 2.25. The molecule has 2 heterocycles. The monoisotopic (exact) mass is 292 g/mol. The molecule has 2 N–H and O–H groups in total. The molecule has 1 atom stereocenters. The zero-order valence-electron chi connectivity index (χ0n) is 13.4. The lowest BCUT2D eigenvalue weighted by molar-refractivity contribution is 0.0306. The van der Waals surface area contributed by atoms with Crippen LogP contribution in [0.2, 0.25) is 0 Å². The summed E-state index contributed by atoms with van der Waals surface area (Å²) in [4.78, 5) is 8.75. The van der Waals surface area contributed by atoms with E-state index in [0.717, 1.165) is 31.7 Å². The average Bonchev–Trinajstić information content (AvgIpc) is 2.45. The van der Waals surface area contributed by atoms with Crippen molar-refractivity contribution >= 4 is 5.82 Å².